The zero-order valence-corrected chi connectivity index (χ0v) is 7.87. The molecule has 7 heteroatoms. The van der Waals surface area contributed by atoms with Gasteiger partial charge in [0.25, 0.3) is 0 Å². The number of carbonyl (C=O) groups is 2. The molecule has 6 nitrogen and oxygen atoms in total. The van der Waals surface area contributed by atoms with Gasteiger partial charge in [-0.1, -0.05) is 0 Å². The highest BCUT2D eigenvalue weighted by Crippen LogP contribution is 2.01. The Hall–Kier alpha value is -1.11. The van der Waals surface area contributed by atoms with E-state index in [2.05, 4.69) is 10.5 Å². The lowest BCUT2D eigenvalue weighted by Crippen LogP contribution is -2.27. The number of carboxylic acid groups (broad SMARTS) is 1. The van der Waals surface area contributed by atoms with E-state index in [-0.39, 0.29) is 13.0 Å². The highest BCUT2D eigenvalue weighted by Gasteiger charge is 2.21. The van der Waals surface area contributed by atoms with Crippen LogP contribution in [0.3, 0.4) is 0 Å². The summed E-state index contributed by atoms with van der Waals surface area (Å²) in [5, 5.41) is 7.53. The highest BCUT2D eigenvalue weighted by molar-refractivity contribution is 7.85. The number of nitrogens with two attached hydrogens (primary N) is 1. The second-order valence-corrected chi connectivity index (χ2v) is 3.85. The van der Waals surface area contributed by atoms with Crippen molar-refractivity contribution in [2.75, 3.05) is 12.9 Å². The molecule has 0 aliphatic carbocycles. The van der Waals surface area contributed by atoms with Crippen LogP contribution >= 0.6 is 0 Å². The van der Waals surface area contributed by atoms with E-state index < -0.39 is 28.1 Å². The third kappa shape index (κ3) is 5.18. The molecular formula is C6H11NO5S. The van der Waals surface area contributed by atoms with Crippen LogP contribution in [-0.4, -0.2) is 39.5 Å². The SMILES string of the molecule is CS(=O)C(CCOC(N)=O)C(=O)O. The summed E-state index contributed by atoms with van der Waals surface area (Å²) in [6.45, 7) is -0.133. The van der Waals surface area contributed by atoms with Crippen molar-refractivity contribution < 1.29 is 23.6 Å². The van der Waals surface area contributed by atoms with Crippen molar-refractivity contribution in [2.45, 2.75) is 11.7 Å². The number of carboxylic acids is 1. The summed E-state index contributed by atoms with van der Waals surface area (Å²) >= 11 is 0. The molecule has 0 aromatic heterocycles. The Morgan fingerprint density at radius 2 is 2.15 bits per heavy atom. The molecule has 0 bridgehead atoms. The van der Waals surface area contributed by atoms with Gasteiger partial charge in [0.05, 0.1) is 6.61 Å². The topological polar surface area (TPSA) is 107 Å². The number of hydrogen-bond donors (Lipinski definition) is 2. The van der Waals surface area contributed by atoms with Gasteiger partial charge < -0.3 is 15.6 Å². The maximum Gasteiger partial charge on any atom is 0.404 e. The Morgan fingerprint density at radius 1 is 1.62 bits per heavy atom. The number of aliphatic carboxylic acids is 1. The first kappa shape index (κ1) is 11.9. The molecule has 0 aromatic carbocycles. The Morgan fingerprint density at radius 3 is 2.46 bits per heavy atom. The fourth-order valence-corrected chi connectivity index (χ4v) is 1.41. The molecule has 0 spiro atoms. The van der Waals surface area contributed by atoms with Gasteiger partial charge in [-0.05, 0) is 0 Å². The van der Waals surface area contributed by atoms with Crippen molar-refractivity contribution >= 4 is 22.9 Å². The first-order valence-corrected chi connectivity index (χ1v) is 5.04. The van der Waals surface area contributed by atoms with Gasteiger partial charge in [-0.25, -0.2) is 4.79 Å². The summed E-state index contributed by atoms with van der Waals surface area (Å²) in [7, 11) is -1.48. The van der Waals surface area contributed by atoms with E-state index in [1.54, 1.807) is 0 Å². The van der Waals surface area contributed by atoms with Gasteiger partial charge in [0.2, 0.25) is 0 Å². The summed E-state index contributed by atoms with van der Waals surface area (Å²) < 4.78 is 15.1. The number of primary amides is 1. The zero-order chi connectivity index (χ0) is 10.4. The number of ether oxygens (including phenoxy) is 1. The molecule has 2 unspecified atom stereocenters. The molecule has 0 aliphatic rings. The summed E-state index contributed by atoms with van der Waals surface area (Å²) in [5.41, 5.74) is 4.65. The summed E-state index contributed by atoms with van der Waals surface area (Å²) in [4.78, 5) is 20.5. The van der Waals surface area contributed by atoms with Crippen molar-refractivity contribution in [2.24, 2.45) is 5.73 Å². The lowest BCUT2D eigenvalue weighted by molar-refractivity contribution is -0.136. The number of amides is 1. The van der Waals surface area contributed by atoms with Crippen molar-refractivity contribution in [3.63, 3.8) is 0 Å². The Bertz CT molecular complexity index is 215. The maximum atomic E-state index is 10.8. The predicted octanol–water partition coefficient (Wildman–Crippen LogP) is -0.696. The Labute approximate surface area is 77.5 Å². The third-order valence-electron chi connectivity index (χ3n) is 1.30. The minimum atomic E-state index is -1.48. The lowest BCUT2D eigenvalue weighted by Gasteiger charge is -2.08. The molecule has 13 heavy (non-hydrogen) atoms. The second kappa shape index (κ2) is 5.52. The molecule has 3 N–H and O–H groups in total. The van der Waals surface area contributed by atoms with E-state index in [0.717, 1.165) is 0 Å². The van der Waals surface area contributed by atoms with Crippen LogP contribution in [0.25, 0.3) is 0 Å². The van der Waals surface area contributed by atoms with Gasteiger partial charge in [-0.15, -0.1) is 0 Å². The molecule has 0 fully saturated rings. The number of carbonyl (C=O) groups excluding carboxylic acids is 1. The van der Waals surface area contributed by atoms with E-state index >= 15 is 0 Å². The average Bonchev–Trinajstić information content (AvgIpc) is 1.95. The van der Waals surface area contributed by atoms with E-state index in [1.165, 1.54) is 6.26 Å². The molecule has 0 rings (SSSR count). The van der Waals surface area contributed by atoms with Gasteiger partial charge in [0, 0.05) is 23.5 Å². The van der Waals surface area contributed by atoms with Gasteiger partial charge in [0.15, 0.2) is 0 Å². The lowest BCUT2D eigenvalue weighted by atomic mass is 10.3. The second-order valence-electron chi connectivity index (χ2n) is 2.28. The van der Waals surface area contributed by atoms with Crippen LogP contribution in [0.2, 0.25) is 0 Å². The van der Waals surface area contributed by atoms with Crippen molar-refractivity contribution in [3.8, 4) is 0 Å². The molecule has 0 heterocycles. The number of rotatable bonds is 5. The molecule has 76 valence electrons. The van der Waals surface area contributed by atoms with Gasteiger partial charge in [-0.3, -0.25) is 9.00 Å². The quantitative estimate of drug-likeness (QED) is 0.622. The first-order valence-electron chi connectivity index (χ1n) is 3.42. The van der Waals surface area contributed by atoms with E-state index in [4.69, 9.17) is 5.11 Å². The molecule has 2 atom stereocenters. The highest BCUT2D eigenvalue weighted by atomic mass is 32.2. The minimum Gasteiger partial charge on any atom is -0.480 e. The average molecular weight is 209 g/mol. The predicted molar refractivity (Wildman–Crippen MR) is 45.6 cm³/mol. The zero-order valence-electron chi connectivity index (χ0n) is 7.06. The van der Waals surface area contributed by atoms with Crippen LogP contribution < -0.4 is 5.73 Å². The molecule has 0 radical (unpaired) electrons. The number of hydrogen-bond acceptors (Lipinski definition) is 4. The maximum absolute atomic E-state index is 10.8. The molecular weight excluding hydrogens is 198 g/mol. The third-order valence-corrected chi connectivity index (χ3v) is 2.54. The molecule has 1 amide bonds. The first-order chi connectivity index (χ1) is 5.95. The molecule has 0 saturated heterocycles. The molecule has 0 aromatic rings. The van der Waals surface area contributed by atoms with E-state index in [1.807, 2.05) is 0 Å². The summed E-state index contributed by atoms with van der Waals surface area (Å²) in [6.07, 6.45) is 0.316. The monoisotopic (exact) mass is 209 g/mol. The fraction of sp³-hybridized carbons (Fsp3) is 0.667. The van der Waals surface area contributed by atoms with Crippen LogP contribution in [0.5, 0.6) is 0 Å². The van der Waals surface area contributed by atoms with Gasteiger partial charge >= 0.3 is 12.1 Å². The van der Waals surface area contributed by atoms with Crippen LogP contribution in [-0.2, 0) is 20.3 Å². The smallest absolute Gasteiger partial charge is 0.404 e. The van der Waals surface area contributed by atoms with Crippen LogP contribution in [0.15, 0.2) is 0 Å². The Balaban J connectivity index is 3.91. The van der Waals surface area contributed by atoms with E-state index in [0.29, 0.717) is 0 Å². The van der Waals surface area contributed by atoms with Crippen molar-refractivity contribution in [1.29, 1.82) is 0 Å². The fourth-order valence-electron chi connectivity index (χ4n) is 0.698. The largest absolute Gasteiger partial charge is 0.480 e. The van der Waals surface area contributed by atoms with Gasteiger partial charge in [0.1, 0.15) is 5.25 Å². The summed E-state index contributed by atoms with van der Waals surface area (Å²) in [5.74, 6) is -1.17. The normalized spacial score (nSPS) is 14.5. The van der Waals surface area contributed by atoms with Crippen LogP contribution in [0, 0.1) is 0 Å². The van der Waals surface area contributed by atoms with Crippen LogP contribution in [0.4, 0.5) is 4.79 Å². The molecule has 0 saturated carbocycles. The summed E-state index contributed by atoms with van der Waals surface area (Å²) in [6, 6.07) is 0. The van der Waals surface area contributed by atoms with Gasteiger partial charge in [-0.2, -0.15) is 0 Å². The Kier molecular flexibility index (Phi) is 5.05. The minimum absolute atomic E-state index is 0.00137. The molecule has 0 aliphatic heterocycles. The van der Waals surface area contributed by atoms with Crippen molar-refractivity contribution in [3.05, 3.63) is 0 Å². The van der Waals surface area contributed by atoms with Crippen molar-refractivity contribution in [1.82, 2.24) is 0 Å². The van der Waals surface area contributed by atoms with Crippen LogP contribution in [0.1, 0.15) is 6.42 Å². The van der Waals surface area contributed by atoms with E-state index in [9.17, 15) is 13.8 Å². The standard InChI is InChI=1S/C6H11NO5S/c1-13(11)4(5(8)9)2-3-12-6(7)10/h4H,2-3H2,1H3,(H2,7,10)(H,8,9).